The lowest BCUT2D eigenvalue weighted by atomic mass is 9.98. The minimum Gasteiger partial charge on any atom is -0.335 e. The van der Waals surface area contributed by atoms with Gasteiger partial charge in [0.15, 0.2) is 0 Å². The van der Waals surface area contributed by atoms with Gasteiger partial charge in [-0.05, 0) is 12.8 Å². The summed E-state index contributed by atoms with van der Waals surface area (Å²) in [7, 11) is 0. The van der Waals surface area contributed by atoms with E-state index in [2.05, 4.69) is 46.8 Å². The van der Waals surface area contributed by atoms with Crippen molar-refractivity contribution in [2.24, 2.45) is 0 Å². The summed E-state index contributed by atoms with van der Waals surface area (Å²) in [4.78, 5) is 10.4. The maximum Gasteiger partial charge on any atom is 0.113 e. The van der Waals surface area contributed by atoms with Crippen molar-refractivity contribution in [2.45, 2.75) is 58.0 Å². The number of imidazole rings is 1. The van der Waals surface area contributed by atoms with Crippen molar-refractivity contribution >= 4 is 11.3 Å². The second-order valence-corrected chi connectivity index (χ2v) is 7.95. The molecule has 3 heterocycles. The molecular formula is C16H24N4S. The van der Waals surface area contributed by atoms with Crippen LogP contribution in [-0.4, -0.2) is 21.1 Å². The highest BCUT2D eigenvalue weighted by molar-refractivity contribution is 7.11. The minimum atomic E-state index is 0.150. The SMILES string of the molecule is CC(C)(C)c1ncc(CNC[C@@H]2CCCn3ccnc32)s1. The first kappa shape index (κ1) is 14.7. The summed E-state index contributed by atoms with van der Waals surface area (Å²) in [6, 6.07) is 0. The smallest absolute Gasteiger partial charge is 0.113 e. The van der Waals surface area contributed by atoms with Crippen LogP contribution in [0.15, 0.2) is 18.6 Å². The van der Waals surface area contributed by atoms with E-state index < -0.39 is 0 Å². The van der Waals surface area contributed by atoms with E-state index in [-0.39, 0.29) is 5.41 Å². The molecule has 0 radical (unpaired) electrons. The van der Waals surface area contributed by atoms with Crippen molar-refractivity contribution in [1.82, 2.24) is 19.9 Å². The molecule has 0 aliphatic carbocycles. The molecule has 0 fully saturated rings. The molecule has 1 atom stereocenters. The van der Waals surface area contributed by atoms with E-state index in [1.165, 1.54) is 28.6 Å². The first-order valence-electron chi connectivity index (χ1n) is 7.71. The third-order valence-corrected chi connectivity index (χ3v) is 5.37. The van der Waals surface area contributed by atoms with Crippen molar-refractivity contribution in [2.75, 3.05) is 6.54 Å². The van der Waals surface area contributed by atoms with Crippen LogP contribution in [0.1, 0.15) is 55.2 Å². The number of nitrogens with one attached hydrogen (secondary N) is 1. The van der Waals surface area contributed by atoms with E-state index in [1.54, 1.807) is 0 Å². The average Bonchev–Trinajstić information content (AvgIpc) is 3.06. The summed E-state index contributed by atoms with van der Waals surface area (Å²) in [5.74, 6) is 1.79. The molecule has 5 heteroatoms. The van der Waals surface area contributed by atoms with Crippen LogP contribution in [0.5, 0.6) is 0 Å². The lowest BCUT2D eigenvalue weighted by Gasteiger charge is -2.23. The van der Waals surface area contributed by atoms with Crippen LogP contribution in [-0.2, 0) is 18.5 Å². The predicted molar refractivity (Wildman–Crippen MR) is 86.7 cm³/mol. The third-order valence-electron chi connectivity index (χ3n) is 3.95. The van der Waals surface area contributed by atoms with Crippen molar-refractivity contribution < 1.29 is 0 Å². The monoisotopic (exact) mass is 304 g/mol. The summed E-state index contributed by atoms with van der Waals surface area (Å²) >= 11 is 1.82. The Hall–Kier alpha value is -1.20. The van der Waals surface area contributed by atoms with Gasteiger partial charge in [-0.1, -0.05) is 20.8 Å². The van der Waals surface area contributed by atoms with Gasteiger partial charge in [-0.2, -0.15) is 0 Å². The van der Waals surface area contributed by atoms with Gasteiger partial charge in [0.25, 0.3) is 0 Å². The minimum absolute atomic E-state index is 0.150. The molecule has 3 rings (SSSR count). The number of aromatic nitrogens is 3. The zero-order valence-electron chi connectivity index (χ0n) is 13.1. The van der Waals surface area contributed by atoms with Gasteiger partial charge in [-0.3, -0.25) is 0 Å². The lowest BCUT2D eigenvalue weighted by molar-refractivity contribution is 0.423. The fourth-order valence-corrected chi connectivity index (χ4v) is 3.75. The molecule has 0 aromatic carbocycles. The predicted octanol–water partition coefficient (Wildman–Crippen LogP) is 3.30. The normalized spacial score (nSPS) is 18.7. The second kappa shape index (κ2) is 5.89. The standard InChI is InChI=1S/C16H24N4S/c1-16(2,3)15-19-11-13(21-15)10-17-9-12-5-4-7-20-8-6-18-14(12)20/h6,8,11-12,17H,4-5,7,9-10H2,1-3H3/t12-/m0/s1. The summed E-state index contributed by atoms with van der Waals surface area (Å²) in [5.41, 5.74) is 0.150. The first-order chi connectivity index (χ1) is 10.0. The molecule has 0 saturated heterocycles. The number of thiazole rings is 1. The molecule has 1 N–H and O–H groups in total. The summed E-state index contributed by atoms with van der Waals surface area (Å²) in [5, 5.41) is 4.80. The molecule has 0 unspecified atom stereocenters. The average molecular weight is 304 g/mol. The highest BCUT2D eigenvalue weighted by atomic mass is 32.1. The van der Waals surface area contributed by atoms with Gasteiger partial charge in [0.1, 0.15) is 5.82 Å². The summed E-state index contributed by atoms with van der Waals surface area (Å²) < 4.78 is 2.29. The van der Waals surface area contributed by atoms with Crippen LogP contribution in [0.4, 0.5) is 0 Å². The molecule has 21 heavy (non-hydrogen) atoms. The zero-order valence-corrected chi connectivity index (χ0v) is 13.9. The topological polar surface area (TPSA) is 42.7 Å². The van der Waals surface area contributed by atoms with Crippen LogP contribution in [0.3, 0.4) is 0 Å². The highest BCUT2D eigenvalue weighted by Gasteiger charge is 2.21. The second-order valence-electron chi connectivity index (χ2n) is 6.83. The van der Waals surface area contributed by atoms with Gasteiger partial charge in [0.05, 0.1) is 5.01 Å². The molecule has 2 aromatic rings. The molecule has 0 amide bonds. The van der Waals surface area contributed by atoms with E-state index in [1.807, 2.05) is 23.7 Å². The summed E-state index contributed by atoms with van der Waals surface area (Å²) in [6.45, 7) is 9.67. The molecule has 1 aliphatic heterocycles. The van der Waals surface area contributed by atoms with E-state index in [0.717, 1.165) is 19.6 Å². The third kappa shape index (κ3) is 3.35. The zero-order chi connectivity index (χ0) is 14.9. The maximum absolute atomic E-state index is 4.54. The number of hydrogen-bond donors (Lipinski definition) is 1. The molecule has 114 valence electrons. The number of rotatable bonds is 4. The number of aryl methyl sites for hydroxylation is 1. The van der Waals surface area contributed by atoms with Crippen LogP contribution >= 0.6 is 11.3 Å². The van der Waals surface area contributed by atoms with E-state index >= 15 is 0 Å². The summed E-state index contributed by atoms with van der Waals surface area (Å²) in [6.07, 6.45) is 8.52. The number of fused-ring (bicyclic) bond motifs is 1. The van der Waals surface area contributed by atoms with E-state index in [4.69, 9.17) is 0 Å². The molecule has 4 nitrogen and oxygen atoms in total. The molecule has 0 spiro atoms. The molecule has 2 aromatic heterocycles. The Morgan fingerprint density at radius 1 is 1.38 bits per heavy atom. The van der Waals surface area contributed by atoms with Gasteiger partial charge in [-0.15, -0.1) is 11.3 Å². The lowest BCUT2D eigenvalue weighted by Crippen LogP contribution is -2.26. The van der Waals surface area contributed by atoms with Crippen LogP contribution < -0.4 is 5.32 Å². The van der Waals surface area contributed by atoms with E-state index in [0.29, 0.717) is 5.92 Å². The first-order valence-corrected chi connectivity index (χ1v) is 8.52. The molecular weight excluding hydrogens is 280 g/mol. The van der Waals surface area contributed by atoms with Crippen molar-refractivity contribution in [3.63, 3.8) is 0 Å². The van der Waals surface area contributed by atoms with Crippen molar-refractivity contribution in [1.29, 1.82) is 0 Å². The Balaban J connectivity index is 1.54. The largest absolute Gasteiger partial charge is 0.335 e. The van der Waals surface area contributed by atoms with Gasteiger partial charge >= 0.3 is 0 Å². The highest BCUT2D eigenvalue weighted by Crippen LogP contribution is 2.27. The molecule has 0 saturated carbocycles. The van der Waals surface area contributed by atoms with Gasteiger partial charge in [0, 0.05) is 54.4 Å². The molecule has 0 bridgehead atoms. The quantitative estimate of drug-likeness (QED) is 0.942. The van der Waals surface area contributed by atoms with Gasteiger partial charge < -0.3 is 9.88 Å². The fraction of sp³-hybridized carbons (Fsp3) is 0.625. The van der Waals surface area contributed by atoms with Crippen molar-refractivity contribution in [3.05, 3.63) is 34.3 Å². The van der Waals surface area contributed by atoms with Crippen LogP contribution in [0, 0.1) is 0 Å². The van der Waals surface area contributed by atoms with Crippen LogP contribution in [0.2, 0.25) is 0 Å². The molecule has 1 aliphatic rings. The van der Waals surface area contributed by atoms with E-state index in [9.17, 15) is 0 Å². The Morgan fingerprint density at radius 2 is 2.24 bits per heavy atom. The maximum atomic E-state index is 4.54. The number of nitrogens with zero attached hydrogens (tertiary/aromatic N) is 3. The van der Waals surface area contributed by atoms with Gasteiger partial charge in [0.2, 0.25) is 0 Å². The van der Waals surface area contributed by atoms with Gasteiger partial charge in [-0.25, -0.2) is 9.97 Å². The fourth-order valence-electron chi connectivity index (χ4n) is 2.81. The Kier molecular flexibility index (Phi) is 4.13. The van der Waals surface area contributed by atoms with Crippen LogP contribution in [0.25, 0.3) is 0 Å². The Bertz CT molecular complexity index is 593. The van der Waals surface area contributed by atoms with Crippen molar-refractivity contribution in [3.8, 4) is 0 Å². The number of hydrogen-bond acceptors (Lipinski definition) is 4. The Labute approximate surface area is 130 Å². The Morgan fingerprint density at radius 3 is 3.00 bits per heavy atom.